The maximum absolute atomic E-state index is 12.8. The van der Waals surface area contributed by atoms with Crippen LogP contribution in [0.1, 0.15) is 18.7 Å². The molecule has 0 N–H and O–H groups in total. The second-order valence-electron chi connectivity index (χ2n) is 4.18. The Hall–Kier alpha value is -1.35. The van der Waals surface area contributed by atoms with E-state index in [0.717, 1.165) is 30.0 Å². The average Bonchev–Trinajstić information content (AvgIpc) is 2.74. The fourth-order valence-corrected chi connectivity index (χ4v) is 2.27. The molecule has 2 heterocycles. The first-order chi connectivity index (χ1) is 7.84. The molecule has 0 radical (unpaired) electrons. The summed E-state index contributed by atoms with van der Waals surface area (Å²) in [5.41, 5.74) is 2.15. The van der Waals surface area contributed by atoms with Crippen molar-refractivity contribution in [3.05, 3.63) is 42.1 Å². The number of benzene rings is 1. The smallest absolute Gasteiger partial charge is 0.123 e. The first kappa shape index (κ1) is 12.1. The number of imidazole rings is 1. The van der Waals surface area contributed by atoms with E-state index in [1.54, 1.807) is 0 Å². The highest BCUT2D eigenvalue weighted by Gasteiger charge is 2.14. The van der Waals surface area contributed by atoms with Crippen LogP contribution in [0.4, 0.5) is 4.39 Å². The van der Waals surface area contributed by atoms with Crippen molar-refractivity contribution in [3.63, 3.8) is 0 Å². The lowest BCUT2D eigenvalue weighted by Crippen LogP contribution is -2.11. The second-order valence-corrected chi connectivity index (χ2v) is 4.18. The third-order valence-electron chi connectivity index (χ3n) is 3.11. The average molecular weight is 253 g/mol. The maximum atomic E-state index is 12.8. The molecule has 1 aromatic carbocycles. The van der Waals surface area contributed by atoms with Gasteiger partial charge >= 0.3 is 0 Å². The summed E-state index contributed by atoms with van der Waals surface area (Å²) in [4.78, 5) is 4.42. The van der Waals surface area contributed by atoms with Crippen LogP contribution in [-0.4, -0.2) is 9.55 Å². The zero-order valence-electron chi connectivity index (χ0n) is 9.40. The van der Waals surface area contributed by atoms with Gasteiger partial charge in [0.25, 0.3) is 0 Å². The summed E-state index contributed by atoms with van der Waals surface area (Å²) in [7, 11) is 0. The zero-order chi connectivity index (χ0) is 11.0. The molecule has 1 aromatic heterocycles. The van der Waals surface area contributed by atoms with Gasteiger partial charge in [-0.2, -0.15) is 0 Å². The summed E-state index contributed by atoms with van der Waals surface area (Å²) in [5.74, 6) is 0.965. The van der Waals surface area contributed by atoms with Crippen molar-refractivity contribution in [2.24, 2.45) is 0 Å². The molecule has 0 bridgehead atoms. The molecular weight excluding hydrogens is 239 g/mol. The van der Waals surface area contributed by atoms with Crippen LogP contribution in [0.15, 0.2) is 30.5 Å². The molecule has 0 saturated heterocycles. The minimum Gasteiger partial charge on any atom is -0.328 e. The third-order valence-corrected chi connectivity index (χ3v) is 3.11. The molecule has 0 unspecified atom stereocenters. The molecule has 17 heavy (non-hydrogen) atoms. The van der Waals surface area contributed by atoms with Gasteiger partial charge in [0.05, 0.1) is 11.9 Å². The molecule has 0 fully saturated rings. The van der Waals surface area contributed by atoms with Gasteiger partial charge in [0, 0.05) is 13.0 Å². The highest BCUT2D eigenvalue weighted by atomic mass is 35.5. The summed E-state index contributed by atoms with van der Waals surface area (Å²) in [6, 6.07) is 6.62. The van der Waals surface area contributed by atoms with Gasteiger partial charge in [-0.25, -0.2) is 9.37 Å². The summed E-state index contributed by atoms with van der Waals surface area (Å²) >= 11 is 0. The van der Waals surface area contributed by atoms with Crippen LogP contribution < -0.4 is 0 Å². The fraction of sp³-hybridized carbons (Fsp3) is 0.308. The van der Waals surface area contributed by atoms with Crippen LogP contribution in [-0.2, 0) is 13.0 Å². The van der Waals surface area contributed by atoms with E-state index in [1.165, 1.54) is 25.0 Å². The number of rotatable bonds is 1. The third kappa shape index (κ3) is 2.20. The monoisotopic (exact) mass is 252 g/mol. The fourth-order valence-electron chi connectivity index (χ4n) is 2.27. The largest absolute Gasteiger partial charge is 0.328 e. The number of nitrogens with zero attached hydrogens (tertiary/aromatic N) is 2. The Balaban J connectivity index is 0.00000108. The van der Waals surface area contributed by atoms with Crippen LogP contribution in [0.5, 0.6) is 0 Å². The van der Waals surface area contributed by atoms with Crippen molar-refractivity contribution in [1.82, 2.24) is 9.55 Å². The van der Waals surface area contributed by atoms with Crippen molar-refractivity contribution in [1.29, 1.82) is 0 Å². The van der Waals surface area contributed by atoms with E-state index in [4.69, 9.17) is 0 Å². The molecule has 3 rings (SSSR count). The Bertz CT molecular complexity index is 505. The van der Waals surface area contributed by atoms with Crippen LogP contribution in [0, 0.1) is 5.82 Å². The molecule has 0 saturated carbocycles. The molecule has 2 nitrogen and oxygen atoms in total. The number of halogens is 2. The molecular formula is C13H14ClFN2. The standard InChI is InChI=1S/C13H13FN2.ClH/c14-11-6-4-10(5-7-11)12-9-15-13-3-1-2-8-16(12)13;/h4-7,9H,1-3,8H2;1H. The maximum Gasteiger partial charge on any atom is 0.123 e. The summed E-state index contributed by atoms with van der Waals surface area (Å²) in [6.45, 7) is 1.03. The Labute approximate surface area is 106 Å². The minimum absolute atomic E-state index is 0. The van der Waals surface area contributed by atoms with Crippen molar-refractivity contribution in [2.75, 3.05) is 0 Å². The van der Waals surface area contributed by atoms with E-state index in [2.05, 4.69) is 9.55 Å². The second kappa shape index (κ2) is 4.88. The van der Waals surface area contributed by atoms with E-state index in [0.29, 0.717) is 0 Å². The molecule has 4 heteroatoms. The Morgan fingerprint density at radius 3 is 2.65 bits per heavy atom. The van der Waals surface area contributed by atoms with E-state index < -0.39 is 0 Å². The van der Waals surface area contributed by atoms with Crippen LogP contribution in [0.3, 0.4) is 0 Å². The number of fused-ring (bicyclic) bond motifs is 1. The van der Waals surface area contributed by atoms with E-state index in [1.807, 2.05) is 18.3 Å². The van der Waals surface area contributed by atoms with Crippen molar-refractivity contribution < 1.29 is 4.39 Å². The quantitative estimate of drug-likeness (QED) is 0.760. The lowest BCUT2D eigenvalue weighted by Gasteiger charge is -2.16. The van der Waals surface area contributed by atoms with Crippen molar-refractivity contribution >= 4 is 12.4 Å². The topological polar surface area (TPSA) is 17.8 Å². The molecule has 1 aliphatic heterocycles. The number of hydrogen-bond donors (Lipinski definition) is 0. The van der Waals surface area contributed by atoms with Gasteiger partial charge in [0.1, 0.15) is 11.6 Å². The molecule has 2 aromatic rings. The first-order valence-electron chi connectivity index (χ1n) is 5.65. The molecule has 0 atom stereocenters. The van der Waals surface area contributed by atoms with Gasteiger partial charge in [-0.1, -0.05) is 0 Å². The SMILES string of the molecule is Cl.Fc1ccc(-c2cnc3n2CCCC3)cc1. The Morgan fingerprint density at radius 1 is 1.12 bits per heavy atom. The lowest BCUT2D eigenvalue weighted by molar-refractivity contribution is 0.526. The number of aromatic nitrogens is 2. The summed E-state index contributed by atoms with van der Waals surface area (Å²) in [5, 5.41) is 0. The van der Waals surface area contributed by atoms with Gasteiger partial charge in [-0.15, -0.1) is 12.4 Å². The van der Waals surface area contributed by atoms with E-state index in [-0.39, 0.29) is 18.2 Å². The number of hydrogen-bond acceptors (Lipinski definition) is 1. The normalized spacial score (nSPS) is 13.9. The highest BCUT2D eigenvalue weighted by Crippen LogP contribution is 2.24. The van der Waals surface area contributed by atoms with Gasteiger partial charge in [-0.3, -0.25) is 0 Å². The summed E-state index contributed by atoms with van der Waals surface area (Å²) in [6.07, 6.45) is 5.38. The Kier molecular flexibility index (Phi) is 3.48. The lowest BCUT2D eigenvalue weighted by atomic mass is 10.1. The zero-order valence-corrected chi connectivity index (χ0v) is 10.2. The molecule has 1 aliphatic rings. The molecule has 0 spiro atoms. The first-order valence-corrected chi connectivity index (χ1v) is 5.65. The van der Waals surface area contributed by atoms with Gasteiger partial charge in [0.15, 0.2) is 0 Å². The van der Waals surface area contributed by atoms with Gasteiger partial charge in [-0.05, 0) is 42.7 Å². The molecule has 0 amide bonds. The minimum atomic E-state index is -0.192. The molecule has 90 valence electrons. The van der Waals surface area contributed by atoms with Crippen LogP contribution >= 0.6 is 12.4 Å². The van der Waals surface area contributed by atoms with Crippen molar-refractivity contribution in [2.45, 2.75) is 25.8 Å². The predicted molar refractivity (Wildman–Crippen MR) is 67.8 cm³/mol. The van der Waals surface area contributed by atoms with Crippen molar-refractivity contribution in [3.8, 4) is 11.3 Å². The van der Waals surface area contributed by atoms with E-state index in [9.17, 15) is 4.39 Å². The predicted octanol–water partition coefficient (Wildman–Crippen LogP) is 3.45. The molecule has 0 aliphatic carbocycles. The number of aryl methyl sites for hydroxylation is 1. The summed E-state index contributed by atoms with van der Waals surface area (Å²) < 4.78 is 15.1. The van der Waals surface area contributed by atoms with Crippen LogP contribution in [0.2, 0.25) is 0 Å². The van der Waals surface area contributed by atoms with E-state index >= 15 is 0 Å². The van der Waals surface area contributed by atoms with Gasteiger partial charge < -0.3 is 4.57 Å². The van der Waals surface area contributed by atoms with Crippen LogP contribution in [0.25, 0.3) is 11.3 Å². The van der Waals surface area contributed by atoms with Gasteiger partial charge in [0.2, 0.25) is 0 Å². The highest BCUT2D eigenvalue weighted by molar-refractivity contribution is 5.85. The Morgan fingerprint density at radius 2 is 1.88 bits per heavy atom.